The van der Waals surface area contributed by atoms with E-state index in [4.69, 9.17) is 0 Å². The second-order valence-electron chi connectivity index (χ2n) is 8.85. The van der Waals surface area contributed by atoms with Crippen LogP contribution in [0.4, 0.5) is 32.2 Å². The van der Waals surface area contributed by atoms with Crippen molar-refractivity contribution in [1.29, 1.82) is 0 Å². The first-order chi connectivity index (χ1) is 16.8. The van der Waals surface area contributed by atoms with Crippen molar-refractivity contribution in [2.24, 2.45) is 5.92 Å². The number of halogens is 6. The van der Waals surface area contributed by atoms with Crippen LogP contribution in [0, 0.1) is 5.92 Å². The minimum absolute atomic E-state index is 0.00844. The summed E-state index contributed by atoms with van der Waals surface area (Å²) >= 11 is 0. The van der Waals surface area contributed by atoms with Crippen molar-refractivity contribution in [2.45, 2.75) is 32.6 Å². The molecule has 2 heterocycles. The van der Waals surface area contributed by atoms with Crippen molar-refractivity contribution in [3.8, 4) is 0 Å². The van der Waals surface area contributed by atoms with Gasteiger partial charge in [-0.2, -0.15) is 26.3 Å². The number of hydrogen-bond acceptors (Lipinski definition) is 4. The van der Waals surface area contributed by atoms with E-state index in [1.165, 1.54) is 21.9 Å². The van der Waals surface area contributed by atoms with Gasteiger partial charge in [-0.3, -0.25) is 9.59 Å². The maximum atomic E-state index is 13.7. The van der Waals surface area contributed by atoms with Crippen molar-refractivity contribution in [3.05, 3.63) is 58.8 Å². The molecule has 0 unspecified atom stereocenters. The largest absolute Gasteiger partial charge is 0.417 e. The Labute approximate surface area is 204 Å². The normalized spacial score (nSPS) is 14.8. The molecule has 1 aromatic heterocycles. The molecule has 1 saturated heterocycles. The number of anilines is 1. The number of benzene rings is 1. The minimum atomic E-state index is -4.80. The van der Waals surface area contributed by atoms with Crippen LogP contribution in [0.1, 0.15) is 52.1 Å². The third-order valence-electron chi connectivity index (χ3n) is 5.80. The molecule has 196 valence electrons. The third-order valence-corrected chi connectivity index (χ3v) is 5.80. The van der Waals surface area contributed by atoms with E-state index in [0.29, 0.717) is 6.42 Å². The van der Waals surface area contributed by atoms with E-state index in [2.05, 4.69) is 10.3 Å². The molecule has 1 aromatic carbocycles. The quantitative estimate of drug-likeness (QED) is 0.558. The fourth-order valence-electron chi connectivity index (χ4n) is 3.83. The van der Waals surface area contributed by atoms with Gasteiger partial charge in [0.2, 0.25) is 0 Å². The number of pyridine rings is 1. The van der Waals surface area contributed by atoms with Crippen molar-refractivity contribution < 1.29 is 35.9 Å². The van der Waals surface area contributed by atoms with Gasteiger partial charge in [0.05, 0.1) is 22.3 Å². The number of nitrogens with one attached hydrogen (secondary N) is 1. The third kappa shape index (κ3) is 6.46. The fourth-order valence-corrected chi connectivity index (χ4v) is 3.83. The van der Waals surface area contributed by atoms with Gasteiger partial charge in [0.15, 0.2) is 0 Å². The lowest BCUT2D eigenvalue weighted by Crippen LogP contribution is -2.49. The summed E-state index contributed by atoms with van der Waals surface area (Å²) in [6, 6.07) is 5.23. The molecule has 0 bridgehead atoms. The highest BCUT2D eigenvalue weighted by Crippen LogP contribution is 2.35. The molecule has 36 heavy (non-hydrogen) atoms. The minimum Gasteiger partial charge on any atom is -0.353 e. The lowest BCUT2D eigenvalue weighted by atomic mass is 10.1. The van der Waals surface area contributed by atoms with Gasteiger partial charge >= 0.3 is 12.4 Å². The van der Waals surface area contributed by atoms with Crippen LogP contribution >= 0.6 is 0 Å². The highest BCUT2D eigenvalue weighted by atomic mass is 19.4. The van der Waals surface area contributed by atoms with Crippen molar-refractivity contribution >= 4 is 17.6 Å². The van der Waals surface area contributed by atoms with Crippen LogP contribution in [0.2, 0.25) is 0 Å². The molecule has 1 aliphatic rings. The summed E-state index contributed by atoms with van der Waals surface area (Å²) in [6.07, 6.45) is -8.02. The number of carbonyl (C=O) groups excluding carboxylic acids is 2. The van der Waals surface area contributed by atoms with Crippen molar-refractivity contribution in [1.82, 2.24) is 15.2 Å². The number of nitrogens with zero attached hydrogens (tertiary/aromatic N) is 3. The predicted octanol–water partition coefficient (Wildman–Crippen LogP) is 4.86. The first-order valence-electron chi connectivity index (χ1n) is 11.3. The second kappa shape index (κ2) is 10.8. The number of hydrogen-bond donors (Lipinski definition) is 1. The second-order valence-corrected chi connectivity index (χ2v) is 8.85. The summed E-state index contributed by atoms with van der Waals surface area (Å²) in [5.41, 5.74) is -3.25. The van der Waals surface area contributed by atoms with E-state index in [0.717, 1.165) is 24.4 Å². The van der Waals surface area contributed by atoms with Crippen LogP contribution in [-0.2, 0) is 12.4 Å². The van der Waals surface area contributed by atoms with Crippen LogP contribution in [0.25, 0.3) is 0 Å². The molecule has 6 nitrogen and oxygen atoms in total. The molecule has 2 aromatic rings. The molecule has 0 saturated carbocycles. The van der Waals surface area contributed by atoms with Gasteiger partial charge in [-0.1, -0.05) is 26.0 Å². The summed E-state index contributed by atoms with van der Waals surface area (Å²) < 4.78 is 81.0. The first-order valence-corrected chi connectivity index (χ1v) is 11.3. The number of amides is 2. The van der Waals surface area contributed by atoms with Crippen LogP contribution < -0.4 is 10.2 Å². The topological polar surface area (TPSA) is 65.5 Å². The fraction of sp³-hybridized carbons (Fsp3) is 0.458. The number of aromatic nitrogens is 1. The molecule has 0 spiro atoms. The van der Waals surface area contributed by atoms with Crippen LogP contribution in [0.5, 0.6) is 0 Å². The average Bonchev–Trinajstić information content (AvgIpc) is 2.82. The van der Waals surface area contributed by atoms with Gasteiger partial charge in [-0.05, 0) is 30.5 Å². The molecule has 0 radical (unpaired) electrons. The van der Waals surface area contributed by atoms with E-state index in [9.17, 15) is 35.9 Å². The van der Waals surface area contributed by atoms with Crippen LogP contribution in [0.3, 0.4) is 0 Å². The summed E-state index contributed by atoms with van der Waals surface area (Å²) in [5, 5.41) is 2.47. The zero-order valence-electron chi connectivity index (χ0n) is 19.7. The van der Waals surface area contributed by atoms with Crippen molar-refractivity contribution in [3.63, 3.8) is 0 Å². The van der Waals surface area contributed by atoms with E-state index in [-0.39, 0.29) is 44.5 Å². The van der Waals surface area contributed by atoms with Gasteiger partial charge in [0.25, 0.3) is 11.8 Å². The Balaban J connectivity index is 1.74. The Hall–Kier alpha value is -3.31. The SMILES string of the molecule is CC(C)CCNC(=O)c1cnc(N2CCN(C(=O)c3ccccc3C(F)(F)F)CC2)cc1C(F)(F)F. The molecule has 1 N–H and O–H groups in total. The maximum Gasteiger partial charge on any atom is 0.417 e. The van der Waals surface area contributed by atoms with Gasteiger partial charge < -0.3 is 15.1 Å². The Morgan fingerprint density at radius 2 is 1.56 bits per heavy atom. The van der Waals surface area contributed by atoms with E-state index in [1.54, 1.807) is 0 Å². The van der Waals surface area contributed by atoms with Crippen LogP contribution in [0.15, 0.2) is 36.5 Å². The lowest BCUT2D eigenvalue weighted by Gasteiger charge is -2.36. The number of alkyl halides is 6. The zero-order valence-corrected chi connectivity index (χ0v) is 19.7. The highest BCUT2D eigenvalue weighted by molar-refractivity contribution is 5.96. The number of piperazine rings is 1. The molecule has 0 atom stereocenters. The van der Waals surface area contributed by atoms with Gasteiger partial charge in [-0.15, -0.1) is 0 Å². The Kier molecular flexibility index (Phi) is 8.15. The highest BCUT2D eigenvalue weighted by Gasteiger charge is 2.38. The monoisotopic (exact) mass is 516 g/mol. The number of carbonyl (C=O) groups is 2. The van der Waals surface area contributed by atoms with Gasteiger partial charge in [-0.25, -0.2) is 4.98 Å². The molecule has 3 rings (SSSR count). The molecule has 12 heteroatoms. The first kappa shape index (κ1) is 27.3. The van der Waals surface area contributed by atoms with Crippen molar-refractivity contribution in [2.75, 3.05) is 37.6 Å². The number of rotatable bonds is 6. The standard InChI is InChI=1S/C24H26F6N4O2/c1-15(2)7-8-31-21(35)17-14-32-20(13-19(17)24(28,29)30)33-9-11-34(12-10-33)22(36)16-5-3-4-6-18(16)23(25,26)27/h3-6,13-15H,7-12H2,1-2H3,(H,31,35). The molecular formula is C24H26F6N4O2. The Bertz CT molecular complexity index is 1090. The van der Waals surface area contributed by atoms with E-state index in [1.807, 2.05) is 13.8 Å². The molecule has 2 amide bonds. The Morgan fingerprint density at radius 1 is 0.944 bits per heavy atom. The Morgan fingerprint density at radius 3 is 2.14 bits per heavy atom. The summed E-state index contributed by atoms with van der Waals surface area (Å²) in [4.78, 5) is 31.8. The lowest BCUT2D eigenvalue weighted by molar-refractivity contribution is -0.138. The predicted molar refractivity (Wildman–Crippen MR) is 121 cm³/mol. The van der Waals surface area contributed by atoms with Gasteiger partial charge in [0.1, 0.15) is 5.82 Å². The van der Waals surface area contributed by atoms with E-state index < -0.39 is 46.4 Å². The van der Waals surface area contributed by atoms with Crippen LogP contribution in [-0.4, -0.2) is 54.4 Å². The summed E-state index contributed by atoms with van der Waals surface area (Å²) in [6.45, 7) is 4.17. The smallest absolute Gasteiger partial charge is 0.353 e. The summed E-state index contributed by atoms with van der Waals surface area (Å²) in [7, 11) is 0. The molecule has 1 fully saturated rings. The zero-order chi connectivity index (χ0) is 26.7. The molecule has 0 aliphatic carbocycles. The molecular weight excluding hydrogens is 490 g/mol. The summed E-state index contributed by atoms with van der Waals surface area (Å²) in [5.74, 6) is -1.45. The average molecular weight is 516 g/mol. The molecule has 1 aliphatic heterocycles. The van der Waals surface area contributed by atoms with Gasteiger partial charge in [0, 0.05) is 38.9 Å². The maximum absolute atomic E-state index is 13.7. The van der Waals surface area contributed by atoms with E-state index >= 15 is 0 Å².